The number of nitrogens with one attached hydrogen (secondary N) is 2. The van der Waals surface area contributed by atoms with Crippen LogP contribution in [0.5, 0.6) is 0 Å². The second kappa shape index (κ2) is 4.46. The van der Waals surface area contributed by atoms with Gasteiger partial charge in [-0.25, -0.2) is 0 Å². The van der Waals surface area contributed by atoms with Gasteiger partial charge in [0, 0.05) is 44.0 Å². The molecule has 0 bridgehead atoms. The van der Waals surface area contributed by atoms with E-state index in [1.807, 2.05) is 0 Å². The van der Waals surface area contributed by atoms with Crippen molar-refractivity contribution in [2.24, 2.45) is 0 Å². The first-order chi connectivity index (χ1) is 9.84. The molecule has 100 valence electrons. The molecule has 0 aliphatic heterocycles. The number of thiol groups is 1. The number of benzene rings is 2. The molecular weight excluding hydrogens is 264 g/mol. The van der Waals surface area contributed by atoms with Gasteiger partial charge in [0.15, 0.2) is 0 Å². The highest BCUT2D eigenvalue weighted by atomic mass is 32.2. The molecule has 2 aromatic carbocycles. The summed E-state index contributed by atoms with van der Waals surface area (Å²) >= 11 is 0. The topological polar surface area (TPSA) is 31.6 Å². The monoisotopic (exact) mass is 280 g/mol. The molecule has 0 saturated heterocycles. The Hall–Kier alpha value is -2.13. The highest BCUT2D eigenvalue weighted by molar-refractivity contribution is 8.16. The molecule has 0 aliphatic rings. The van der Waals surface area contributed by atoms with Crippen LogP contribution in [0.15, 0.2) is 70.7 Å². The van der Waals surface area contributed by atoms with E-state index in [1.54, 1.807) is 0 Å². The number of fused-ring (bicyclic) bond motifs is 2. The largest absolute Gasteiger partial charge is 0.360 e. The standard InChI is InChI=1S/C17H16N2S/c1-20(16-10-18-14-8-4-2-6-12(14)16)17-11-19-15-9-5-3-7-13(15)17/h2-11,18-20H,1H3. The lowest BCUT2D eigenvalue weighted by molar-refractivity contribution is 1.38. The van der Waals surface area contributed by atoms with Gasteiger partial charge in [0.1, 0.15) is 0 Å². The van der Waals surface area contributed by atoms with Gasteiger partial charge in [0.25, 0.3) is 0 Å². The third-order valence-corrected chi connectivity index (χ3v) is 6.04. The molecule has 2 heterocycles. The summed E-state index contributed by atoms with van der Waals surface area (Å²) in [7, 11) is -0.359. The van der Waals surface area contributed by atoms with E-state index in [-0.39, 0.29) is 10.9 Å². The predicted octanol–water partition coefficient (Wildman–Crippen LogP) is 4.70. The van der Waals surface area contributed by atoms with E-state index in [0.717, 1.165) is 0 Å². The predicted molar refractivity (Wildman–Crippen MR) is 88.0 cm³/mol. The lowest BCUT2D eigenvalue weighted by Crippen LogP contribution is -1.80. The fourth-order valence-corrected chi connectivity index (χ4v) is 4.69. The molecular formula is C17H16N2S. The Kier molecular flexibility index (Phi) is 2.60. The molecule has 2 N–H and O–H groups in total. The van der Waals surface area contributed by atoms with E-state index >= 15 is 0 Å². The zero-order valence-electron chi connectivity index (χ0n) is 11.2. The van der Waals surface area contributed by atoms with E-state index < -0.39 is 0 Å². The van der Waals surface area contributed by atoms with Crippen molar-refractivity contribution < 1.29 is 0 Å². The molecule has 0 spiro atoms. The van der Waals surface area contributed by atoms with Crippen molar-refractivity contribution >= 4 is 32.7 Å². The summed E-state index contributed by atoms with van der Waals surface area (Å²) in [5.41, 5.74) is 2.44. The van der Waals surface area contributed by atoms with Crippen molar-refractivity contribution in [1.29, 1.82) is 0 Å². The third-order valence-electron chi connectivity index (χ3n) is 3.86. The van der Waals surface area contributed by atoms with Gasteiger partial charge in [-0.3, -0.25) is 0 Å². The summed E-state index contributed by atoms with van der Waals surface area (Å²) in [6.07, 6.45) is 6.66. The second-order valence-corrected chi connectivity index (χ2v) is 7.08. The van der Waals surface area contributed by atoms with Crippen molar-refractivity contribution in [2.45, 2.75) is 9.79 Å². The van der Waals surface area contributed by atoms with Crippen LogP contribution in [0.1, 0.15) is 0 Å². The molecule has 20 heavy (non-hydrogen) atoms. The Bertz CT molecular complexity index is 814. The van der Waals surface area contributed by atoms with Crippen LogP contribution in [0, 0.1) is 0 Å². The molecule has 3 heteroatoms. The van der Waals surface area contributed by atoms with Gasteiger partial charge < -0.3 is 9.97 Å². The van der Waals surface area contributed by atoms with Crippen LogP contribution in [0.3, 0.4) is 0 Å². The van der Waals surface area contributed by atoms with E-state index in [2.05, 4.69) is 77.1 Å². The van der Waals surface area contributed by atoms with Gasteiger partial charge in [-0.1, -0.05) is 36.4 Å². The zero-order chi connectivity index (χ0) is 13.5. The molecule has 0 saturated carbocycles. The number of rotatable bonds is 2. The normalized spacial score (nSPS) is 12.2. The smallest absolute Gasteiger partial charge is 0.0465 e. The summed E-state index contributed by atoms with van der Waals surface area (Å²) in [6, 6.07) is 17.0. The molecule has 0 aliphatic carbocycles. The maximum absolute atomic E-state index is 3.39. The van der Waals surface area contributed by atoms with Crippen LogP contribution < -0.4 is 0 Å². The van der Waals surface area contributed by atoms with Gasteiger partial charge in [-0.15, -0.1) is 0 Å². The quantitative estimate of drug-likeness (QED) is 0.445. The minimum absolute atomic E-state index is 0.359. The van der Waals surface area contributed by atoms with E-state index in [1.165, 1.54) is 31.6 Å². The zero-order valence-corrected chi connectivity index (χ0v) is 12.1. The van der Waals surface area contributed by atoms with Gasteiger partial charge in [-0.05, 0) is 18.4 Å². The van der Waals surface area contributed by atoms with Crippen molar-refractivity contribution in [3.63, 3.8) is 0 Å². The Balaban J connectivity index is 1.90. The van der Waals surface area contributed by atoms with E-state index in [4.69, 9.17) is 0 Å². The molecule has 0 radical (unpaired) electrons. The summed E-state index contributed by atoms with van der Waals surface area (Å²) in [4.78, 5) is 9.60. The molecule has 0 fully saturated rings. The first-order valence-corrected chi connectivity index (χ1v) is 8.49. The van der Waals surface area contributed by atoms with E-state index in [0.29, 0.717) is 0 Å². The molecule has 0 unspecified atom stereocenters. The van der Waals surface area contributed by atoms with Crippen LogP contribution in [0.25, 0.3) is 21.8 Å². The third kappa shape index (κ3) is 1.67. The van der Waals surface area contributed by atoms with Crippen LogP contribution in [-0.2, 0) is 0 Å². The summed E-state index contributed by atoms with van der Waals surface area (Å²) in [5.74, 6) is 0. The van der Waals surface area contributed by atoms with Crippen LogP contribution in [0.2, 0.25) is 0 Å². The average molecular weight is 280 g/mol. The molecule has 4 rings (SSSR count). The van der Waals surface area contributed by atoms with Crippen LogP contribution in [-0.4, -0.2) is 16.2 Å². The Morgan fingerprint density at radius 1 is 0.700 bits per heavy atom. The second-order valence-electron chi connectivity index (χ2n) is 5.00. The van der Waals surface area contributed by atoms with E-state index in [9.17, 15) is 0 Å². The number of aromatic nitrogens is 2. The minimum atomic E-state index is -0.359. The van der Waals surface area contributed by atoms with Gasteiger partial charge in [0.2, 0.25) is 0 Å². The van der Waals surface area contributed by atoms with Crippen molar-refractivity contribution in [3.05, 3.63) is 60.9 Å². The number of hydrogen-bond acceptors (Lipinski definition) is 0. The maximum atomic E-state index is 3.39. The Labute approximate surface area is 120 Å². The Morgan fingerprint density at radius 3 is 1.65 bits per heavy atom. The average Bonchev–Trinajstić information content (AvgIpc) is 3.11. The van der Waals surface area contributed by atoms with Crippen molar-refractivity contribution in [3.8, 4) is 0 Å². The molecule has 2 aromatic heterocycles. The maximum Gasteiger partial charge on any atom is 0.0465 e. The fraction of sp³-hybridized carbons (Fsp3) is 0.0588. The lowest BCUT2D eigenvalue weighted by atomic mass is 10.2. The SMILES string of the molecule is C[SH](c1c[nH]c2ccccc12)c1c[nH]c2ccccc12. The Morgan fingerprint density at radius 2 is 1.15 bits per heavy atom. The number of hydrogen-bond donors (Lipinski definition) is 3. The van der Waals surface area contributed by atoms with Gasteiger partial charge in [0.05, 0.1) is 0 Å². The van der Waals surface area contributed by atoms with Gasteiger partial charge >= 0.3 is 0 Å². The fourth-order valence-electron chi connectivity index (χ4n) is 2.80. The summed E-state index contributed by atoms with van der Waals surface area (Å²) in [6.45, 7) is 0. The first-order valence-electron chi connectivity index (χ1n) is 6.70. The molecule has 0 atom stereocenters. The first kappa shape index (κ1) is 11.7. The van der Waals surface area contributed by atoms with Crippen LogP contribution >= 0.6 is 10.9 Å². The van der Waals surface area contributed by atoms with Gasteiger partial charge in [-0.2, -0.15) is 10.9 Å². The minimum Gasteiger partial charge on any atom is -0.360 e. The van der Waals surface area contributed by atoms with Crippen LogP contribution in [0.4, 0.5) is 0 Å². The molecule has 0 amide bonds. The summed E-state index contributed by atoms with van der Waals surface area (Å²) < 4.78 is 0. The summed E-state index contributed by atoms with van der Waals surface area (Å²) in [5, 5.41) is 2.68. The highest BCUT2D eigenvalue weighted by Crippen LogP contribution is 2.47. The molecule has 2 nitrogen and oxygen atoms in total. The highest BCUT2D eigenvalue weighted by Gasteiger charge is 2.13. The van der Waals surface area contributed by atoms with Crippen molar-refractivity contribution in [1.82, 2.24) is 9.97 Å². The van der Waals surface area contributed by atoms with Crippen molar-refractivity contribution in [2.75, 3.05) is 6.26 Å². The molecule has 4 aromatic rings. The number of aromatic amines is 2. The number of para-hydroxylation sites is 2. The lowest BCUT2D eigenvalue weighted by Gasteiger charge is -2.14. The number of H-pyrrole nitrogens is 2.